The Labute approximate surface area is 151 Å². The molecule has 2 heterocycles. The van der Waals surface area contributed by atoms with Gasteiger partial charge in [-0.1, -0.05) is 48.5 Å². The summed E-state index contributed by atoms with van der Waals surface area (Å²) in [7, 11) is 0. The number of pyridine rings is 1. The molecule has 2 N–H and O–H groups in total. The first-order chi connectivity index (χ1) is 12.4. The van der Waals surface area contributed by atoms with Gasteiger partial charge in [0, 0.05) is 10.9 Å². The van der Waals surface area contributed by atoms with Gasteiger partial charge in [0.2, 0.25) is 5.91 Å². The van der Waals surface area contributed by atoms with E-state index in [1.54, 1.807) is 13.8 Å². The van der Waals surface area contributed by atoms with Crippen LogP contribution in [0.3, 0.4) is 0 Å². The molecule has 1 aliphatic rings. The Hall–Kier alpha value is -3.21. The third-order valence-corrected chi connectivity index (χ3v) is 5.07. The molecule has 5 nitrogen and oxygen atoms in total. The Balaban J connectivity index is 2.01. The van der Waals surface area contributed by atoms with E-state index in [1.807, 2.05) is 54.6 Å². The standard InChI is InChI=1S/C21H19N3O2/c1-21(2,20(22)26)24-12-16-18(19(24)25)17(13-8-4-3-5-9-13)14-10-6-7-11-15(14)23-16/h3-11H,12H2,1-2H3,(H2,22,26). The summed E-state index contributed by atoms with van der Waals surface area (Å²) in [5.74, 6) is -0.745. The molecular formula is C21H19N3O2. The van der Waals surface area contributed by atoms with Crippen LogP contribution in [0.25, 0.3) is 22.0 Å². The second-order valence-corrected chi connectivity index (χ2v) is 7.01. The molecule has 0 spiro atoms. The van der Waals surface area contributed by atoms with Crippen LogP contribution >= 0.6 is 0 Å². The number of fused-ring (bicyclic) bond motifs is 2. The van der Waals surface area contributed by atoms with Gasteiger partial charge in [-0.25, -0.2) is 0 Å². The average molecular weight is 345 g/mol. The van der Waals surface area contributed by atoms with E-state index in [4.69, 9.17) is 10.7 Å². The molecule has 0 radical (unpaired) electrons. The van der Waals surface area contributed by atoms with Crippen molar-refractivity contribution in [2.45, 2.75) is 25.9 Å². The van der Waals surface area contributed by atoms with E-state index < -0.39 is 11.4 Å². The van der Waals surface area contributed by atoms with Crippen LogP contribution in [0.5, 0.6) is 0 Å². The summed E-state index contributed by atoms with van der Waals surface area (Å²) in [6.45, 7) is 3.61. The van der Waals surface area contributed by atoms with E-state index in [0.717, 1.165) is 22.0 Å². The number of carbonyl (C=O) groups excluding carboxylic acids is 2. The monoisotopic (exact) mass is 345 g/mol. The van der Waals surface area contributed by atoms with Crippen molar-refractivity contribution in [1.82, 2.24) is 9.88 Å². The van der Waals surface area contributed by atoms with Gasteiger partial charge >= 0.3 is 0 Å². The van der Waals surface area contributed by atoms with Crippen molar-refractivity contribution in [2.24, 2.45) is 5.73 Å². The quantitative estimate of drug-likeness (QED) is 0.792. The highest BCUT2D eigenvalue weighted by Gasteiger charge is 2.43. The normalized spacial score (nSPS) is 13.9. The van der Waals surface area contributed by atoms with Crippen LogP contribution in [-0.2, 0) is 11.3 Å². The fraction of sp³-hybridized carbons (Fsp3) is 0.190. The Kier molecular flexibility index (Phi) is 3.54. The highest BCUT2D eigenvalue weighted by molar-refractivity contribution is 6.12. The first-order valence-corrected chi connectivity index (χ1v) is 8.50. The predicted octanol–water partition coefficient (Wildman–Crippen LogP) is 3.12. The van der Waals surface area contributed by atoms with Crippen molar-refractivity contribution in [3.05, 3.63) is 65.9 Å². The van der Waals surface area contributed by atoms with Gasteiger partial charge in [-0.2, -0.15) is 0 Å². The molecule has 2 amide bonds. The summed E-state index contributed by atoms with van der Waals surface area (Å²) in [5, 5.41) is 0.921. The number of nitrogens with zero attached hydrogens (tertiary/aromatic N) is 2. The van der Waals surface area contributed by atoms with Crippen LogP contribution in [0.15, 0.2) is 54.6 Å². The molecule has 3 aromatic rings. The van der Waals surface area contributed by atoms with E-state index in [-0.39, 0.29) is 12.5 Å². The van der Waals surface area contributed by atoms with Gasteiger partial charge in [0.15, 0.2) is 0 Å². The third-order valence-electron chi connectivity index (χ3n) is 5.07. The maximum atomic E-state index is 13.3. The zero-order chi connectivity index (χ0) is 18.5. The number of primary amides is 1. The highest BCUT2D eigenvalue weighted by atomic mass is 16.2. The van der Waals surface area contributed by atoms with Crippen LogP contribution in [-0.4, -0.2) is 27.2 Å². The predicted molar refractivity (Wildman–Crippen MR) is 100 cm³/mol. The largest absolute Gasteiger partial charge is 0.368 e. The lowest BCUT2D eigenvalue weighted by Crippen LogP contribution is -2.53. The number of amides is 2. The topological polar surface area (TPSA) is 76.3 Å². The van der Waals surface area contributed by atoms with Gasteiger partial charge < -0.3 is 10.6 Å². The van der Waals surface area contributed by atoms with Crippen molar-refractivity contribution < 1.29 is 9.59 Å². The number of hydrogen-bond donors (Lipinski definition) is 1. The van der Waals surface area contributed by atoms with Gasteiger partial charge in [-0.05, 0) is 25.5 Å². The Morgan fingerprint density at radius 3 is 2.38 bits per heavy atom. The van der Waals surface area contributed by atoms with Crippen molar-refractivity contribution in [3.8, 4) is 11.1 Å². The lowest BCUT2D eigenvalue weighted by molar-refractivity contribution is -0.127. The van der Waals surface area contributed by atoms with Gasteiger partial charge in [0.25, 0.3) is 5.91 Å². The van der Waals surface area contributed by atoms with Crippen LogP contribution in [0.1, 0.15) is 29.9 Å². The lowest BCUT2D eigenvalue weighted by atomic mass is 9.94. The highest BCUT2D eigenvalue weighted by Crippen LogP contribution is 2.39. The van der Waals surface area contributed by atoms with E-state index in [0.29, 0.717) is 11.3 Å². The molecule has 0 fully saturated rings. The molecule has 1 aliphatic heterocycles. The van der Waals surface area contributed by atoms with E-state index >= 15 is 0 Å². The average Bonchev–Trinajstić information content (AvgIpc) is 2.97. The van der Waals surface area contributed by atoms with Crippen molar-refractivity contribution in [2.75, 3.05) is 0 Å². The third kappa shape index (κ3) is 2.28. The molecule has 4 rings (SSSR count). The summed E-state index contributed by atoms with van der Waals surface area (Å²) in [6, 6.07) is 17.6. The van der Waals surface area contributed by atoms with E-state index in [9.17, 15) is 9.59 Å². The summed E-state index contributed by atoms with van der Waals surface area (Å²) in [6.07, 6.45) is 0. The maximum absolute atomic E-state index is 13.3. The smallest absolute Gasteiger partial charge is 0.257 e. The number of hydrogen-bond acceptors (Lipinski definition) is 3. The number of rotatable bonds is 3. The summed E-state index contributed by atoms with van der Waals surface area (Å²) in [4.78, 5) is 31.4. The first-order valence-electron chi connectivity index (χ1n) is 8.50. The Morgan fingerprint density at radius 1 is 1.04 bits per heavy atom. The molecule has 1 aromatic heterocycles. The van der Waals surface area contributed by atoms with E-state index in [1.165, 1.54) is 4.90 Å². The van der Waals surface area contributed by atoms with Gasteiger partial charge in [0.1, 0.15) is 5.54 Å². The van der Waals surface area contributed by atoms with E-state index in [2.05, 4.69) is 0 Å². The van der Waals surface area contributed by atoms with Crippen LogP contribution in [0.4, 0.5) is 0 Å². The molecule has 2 aromatic carbocycles. The minimum atomic E-state index is -1.09. The van der Waals surface area contributed by atoms with Gasteiger partial charge in [-0.15, -0.1) is 0 Å². The van der Waals surface area contributed by atoms with Crippen LogP contribution in [0.2, 0.25) is 0 Å². The SMILES string of the molecule is CC(C)(C(N)=O)N1Cc2nc3ccccc3c(-c3ccccc3)c2C1=O. The number of carbonyl (C=O) groups is 2. The van der Waals surface area contributed by atoms with Crippen molar-refractivity contribution >= 4 is 22.7 Å². The molecule has 0 unspecified atom stereocenters. The second kappa shape index (κ2) is 5.66. The number of aromatic nitrogens is 1. The number of para-hydroxylation sites is 1. The molecule has 0 saturated carbocycles. The van der Waals surface area contributed by atoms with Crippen molar-refractivity contribution in [3.63, 3.8) is 0 Å². The fourth-order valence-corrected chi connectivity index (χ4v) is 3.45. The molecule has 0 bridgehead atoms. The summed E-state index contributed by atoms with van der Waals surface area (Å²) in [5.41, 5.74) is 8.34. The number of benzene rings is 2. The second-order valence-electron chi connectivity index (χ2n) is 7.01. The van der Waals surface area contributed by atoms with Crippen LogP contribution in [0, 0.1) is 0 Å². The lowest BCUT2D eigenvalue weighted by Gasteiger charge is -2.32. The number of nitrogens with two attached hydrogens (primary N) is 1. The zero-order valence-electron chi connectivity index (χ0n) is 14.7. The molecule has 0 aliphatic carbocycles. The minimum Gasteiger partial charge on any atom is -0.368 e. The van der Waals surface area contributed by atoms with Crippen molar-refractivity contribution in [1.29, 1.82) is 0 Å². The van der Waals surface area contributed by atoms with Crippen LogP contribution < -0.4 is 5.73 Å². The van der Waals surface area contributed by atoms with Gasteiger partial charge in [-0.3, -0.25) is 14.6 Å². The zero-order valence-corrected chi connectivity index (χ0v) is 14.7. The molecule has 5 heteroatoms. The molecule has 130 valence electrons. The summed E-state index contributed by atoms with van der Waals surface area (Å²) < 4.78 is 0. The first kappa shape index (κ1) is 16.3. The van der Waals surface area contributed by atoms with Gasteiger partial charge in [0.05, 0.1) is 23.3 Å². The minimum absolute atomic E-state index is 0.207. The Morgan fingerprint density at radius 2 is 1.69 bits per heavy atom. The molecular weight excluding hydrogens is 326 g/mol. The molecule has 26 heavy (non-hydrogen) atoms. The Bertz CT molecular complexity index is 1040. The fourth-order valence-electron chi connectivity index (χ4n) is 3.45. The molecule has 0 atom stereocenters. The summed E-state index contributed by atoms with van der Waals surface area (Å²) >= 11 is 0. The molecule has 0 saturated heterocycles. The maximum Gasteiger partial charge on any atom is 0.257 e.